The summed E-state index contributed by atoms with van der Waals surface area (Å²) in [6.45, 7) is 0.554. The molecule has 3 heterocycles. The number of oxime groups is 2. The van der Waals surface area contributed by atoms with Gasteiger partial charge in [-0.2, -0.15) is 0 Å². The SMILES string of the molecule is O=C1OCCOCCOC(=O)[C@H]2CC(=NO2)c2cccc(c2)C2=NO[C@H]1C2. The molecule has 0 unspecified atom stereocenters. The van der Waals surface area contributed by atoms with Crippen molar-refractivity contribution in [2.45, 2.75) is 25.0 Å². The van der Waals surface area contributed by atoms with Crippen LogP contribution in [0.2, 0.25) is 0 Å². The van der Waals surface area contributed by atoms with Gasteiger partial charge in [-0.05, 0) is 6.07 Å². The van der Waals surface area contributed by atoms with Crippen LogP contribution in [0.25, 0.3) is 0 Å². The maximum Gasteiger partial charge on any atom is 0.350 e. The maximum atomic E-state index is 12.1. The van der Waals surface area contributed by atoms with Gasteiger partial charge in [0, 0.05) is 24.0 Å². The Morgan fingerprint density at radius 1 is 0.778 bits per heavy atom. The highest BCUT2D eigenvalue weighted by molar-refractivity contribution is 6.08. The quantitative estimate of drug-likeness (QED) is 0.618. The smallest absolute Gasteiger partial charge is 0.350 e. The van der Waals surface area contributed by atoms with Crippen LogP contribution in [0, 0.1) is 0 Å². The Morgan fingerprint density at radius 2 is 1.30 bits per heavy atom. The lowest BCUT2D eigenvalue weighted by molar-refractivity contribution is -0.158. The summed E-state index contributed by atoms with van der Waals surface area (Å²) in [7, 11) is 0. The monoisotopic (exact) mass is 374 g/mol. The second-order valence-corrected chi connectivity index (χ2v) is 6.20. The number of carbonyl (C=O) groups excluding carboxylic acids is 2. The Bertz CT molecular complexity index is 743. The molecule has 0 aliphatic carbocycles. The molecule has 0 spiro atoms. The van der Waals surface area contributed by atoms with E-state index in [9.17, 15) is 9.59 Å². The molecule has 27 heavy (non-hydrogen) atoms. The highest BCUT2D eigenvalue weighted by Crippen LogP contribution is 2.22. The standard InChI is InChI=1S/C18H18N2O7/c21-17-15-9-13(19-26-15)11-2-1-3-12(8-11)14-10-16(27-20-14)18(22)25-7-5-23-4-6-24-17/h1-3,8,15-16H,4-7,9-10H2/t15-,16+. The van der Waals surface area contributed by atoms with Gasteiger partial charge in [0.1, 0.15) is 13.2 Å². The Labute approximate surface area is 154 Å². The highest BCUT2D eigenvalue weighted by atomic mass is 16.7. The number of fused-ring (bicyclic) bond motifs is 8. The number of rotatable bonds is 0. The topological polar surface area (TPSA) is 105 Å². The number of carbonyl (C=O) groups is 2. The number of nitrogens with zero attached hydrogens (tertiary/aromatic N) is 2. The molecule has 0 N–H and O–H groups in total. The van der Waals surface area contributed by atoms with Crippen LogP contribution < -0.4 is 0 Å². The van der Waals surface area contributed by atoms with E-state index in [0.29, 0.717) is 24.3 Å². The zero-order chi connectivity index (χ0) is 18.6. The van der Waals surface area contributed by atoms with Crippen molar-refractivity contribution in [3.05, 3.63) is 35.4 Å². The molecule has 9 heteroatoms. The second kappa shape index (κ2) is 7.75. The maximum absolute atomic E-state index is 12.1. The van der Waals surface area contributed by atoms with Crippen LogP contribution in [-0.2, 0) is 33.5 Å². The summed E-state index contributed by atoms with van der Waals surface area (Å²) >= 11 is 0. The van der Waals surface area contributed by atoms with Crippen LogP contribution in [-0.4, -0.2) is 62.0 Å². The van der Waals surface area contributed by atoms with Gasteiger partial charge < -0.3 is 23.9 Å². The fourth-order valence-corrected chi connectivity index (χ4v) is 2.92. The lowest BCUT2D eigenvalue weighted by Gasteiger charge is -2.11. The molecule has 0 amide bonds. The Balaban J connectivity index is 1.54. The minimum Gasteiger partial charge on any atom is -0.460 e. The number of cyclic esters (lactones) is 2. The molecule has 1 aromatic carbocycles. The largest absolute Gasteiger partial charge is 0.460 e. The van der Waals surface area contributed by atoms with Gasteiger partial charge in [-0.3, -0.25) is 0 Å². The number of ether oxygens (including phenoxy) is 3. The van der Waals surface area contributed by atoms with Crippen molar-refractivity contribution in [2.24, 2.45) is 10.3 Å². The lowest BCUT2D eigenvalue weighted by atomic mass is 9.99. The normalized spacial score (nSPS) is 25.8. The summed E-state index contributed by atoms with van der Waals surface area (Å²) < 4.78 is 15.5. The summed E-state index contributed by atoms with van der Waals surface area (Å²) in [4.78, 5) is 34.5. The number of hydrogen-bond acceptors (Lipinski definition) is 9. The molecule has 1 aromatic rings. The van der Waals surface area contributed by atoms with Gasteiger partial charge in [-0.25, -0.2) is 9.59 Å². The zero-order valence-electron chi connectivity index (χ0n) is 14.5. The molecule has 0 fully saturated rings. The van der Waals surface area contributed by atoms with Gasteiger partial charge in [0.05, 0.1) is 24.6 Å². The van der Waals surface area contributed by atoms with E-state index in [1.807, 2.05) is 24.3 Å². The molecule has 0 aromatic heterocycles. The van der Waals surface area contributed by atoms with E-state index in [1.165, 1.54) is 0 Å². The van der Waals surface area contributed by atoms with Crippen LogP contribution >= 0.6 is 0 Å². The van der Waals surface area contributed by atoms with Crippen LogP contribution in [0.3, 0.4) is 0 Å². The Hall–Kier alpha value is -2.94. The van der Waals surface area contributed by atoms with Crippen molar-refractivity contribution < 1.29 is 33.5 Å². The van der Waals surface area contributed by atoms with Crippen molar-refractivity contribution in [1.29, 1.82) is 0 Å². The molecule has 0 saturated heterocycles. The predicted molar refractivity (Wildman–Crippen MR) is 91.2 cm³/mol. The molecule has 3 aliphatic heterocycles. The summed E-state index contributed by atoms with van der Waals surface area (Å²) in [5, 5.41) is 8.03. The second-order valence-electron chi connectivity index (χ2n) is 6.20. The first-order valence-corrected chi connectivity index (χ1v) is 8.68. The summed E-state index contributed by atoms with van der Waals surface area (Å²) in [5.74, 6) is -0.977. The summed E-state index contributed by atoms with van der Waals surface area (Å²) in [6.07, 6.45) is -0.887. The van der Waals surface area contributed by atoms with Crippen molar-refractivity contribution in [2.75, 3.05) is 26.4 Å². The van der Waals surface area contributed by atoms with E-state index in [4.69, 9.17) is 23.9 Å². The van der Waals surface area contributed by atoms with E-state index in [-0.39, 0.29) is 26.4 Å². The molecule has 4 rings (SSSR count). The first-order valence-electron chi connectivity index (χ1n) is 8.68. The van der Waals surface area contributed by atoms with Gasteiger partial charge in [-0.15, -0.1) is 0 Å². The first-order chi connectivity index (χ1) is 13.2. The fourth-order valence-electron chi connectivity index (χ4n) is 2.92. The van der Waals surface area contributed by atoms with Crippen LogP contribution in [0.4, 0.5) is 0 Å². The van der Waals surface area contributed by atoms with Gasteiger partial charge >= 0.3 is 11.9 Å². The highest BCUT2D eigenvalue weighted by Gasteiger charge is 2.32. The molecule has 142 valence electrons. The third-order valence-corrected chi connectivity index (χ3v) is 4.34. The van der Waals surface area contributed by atoms with Crippen LogP contribution in [0.1, 0.15) is 24.0 Å². The minimum atomic E-state index is -0.764. The third kappa shape index (κ3) is 3.92. The van der Waals surface area contributed by atoms with Crippen molar-refractivity contribution in [1.82, 2.24) is 0 Å². The molecule has 0 saturated carbocycles. The van der Waals surface area contributed by atoms with Crippen molar-refractivity contribution >= 4 is 23.4 Å². The number of esters is 2. The third-order valence-electron chi connectivity index (χ3n) is 4.34. The van der Waals surface area contributed by atoms with E-state index >= 15 is 0 Å². The predicted octanol–water partition coefficient (Wildman–Crippen LogP) is 0.789. The first kappa shape index (κ1) is 17.5. The number of benzene rings is 1. The van der Waals surface area contributed by atoms with Crippen LogP contribution in [0.5, 0.6) is 0 Å². The number of hydrogen-bond donors (Lipinski definition) is 0. The van der Waals surface area contributed by atoms with E-state index in [2.05, 4.69) is 10.3 Å². The van der Waals surface area contributed by atoms with Gasteiger partial charge in [-0.1, -0.05) is 28.5 Å². The zero-order valence-corrected chi connectivity index (χ0v) is 14.5. The van der Waals surface area contributed by atoms with Crippen molar-refractivity contribution in [3.63, 3.8) is 0 Å². The molecular formula is C18H18N2O7. The fraction of sp³-hybridized carbons (Fsp3) is 0.444. The van der Waals surface area contributed by atoms with E-state index < -0.39 is 24.1 Å². The average Bonchev–Trinajstić information content (AvgIpc) is 3.36. The molecule has 3 aliphatic rings. The van der Waals surface area contributed by atoms with Gasteiger partial charge in [0.2, 0.25) is 12.2 Å². The van der Waals surface area contributed by atoms with Crippen molar-refractivity contribution in [3.8, 4) is 0 Å². The Kier molecular flexibility index (Phi) is 5.01. The molecule has 0 radical (unpaired) electrons. The molecule has 6 bridgehead atoms. The van der Waals surface area contributed by atoms with Gasteiger partial charge in [0.15, 0.2) is 0 Å². The summed E-state index contributed by atoms with van der Waals surface area (Å²) in [5.41, 5.74) is 2.90. The Morgan fingerprint density at radius 3 is 1.81 bits per heavy atom. The molecule has 2 atom stereocenters. The molecule has 9 nitrogen and oxygen atoms in total. The molecular weight excluding hydrogens is 356 g/mol. The average molecular weight is 374 g/mol. The van der Waals surface area contributed by atoms with E-state index in [0.717, 1.165) is 11.1 Å². The van der Waals surface area contributed by atoms with E-state index in [1.54, 1.807) is 0 Å². The lowest BCUT2D eigenvalue weighted by Crippen LogP contribution is -2.26. The summed E-state index contributed by atoms with van der Waals surface area (Å²) in [6, 6.07) is 7.47. The van der Waals surface area contributed by atoms with Gasteiger partial charge in [0.25, 0.3) is 0 Å². The minimum absolute atomic E-state index is 0.0837. The van der Waals surface area contributed by atoms with Crippen LogP contribution in [0.15, 0.2) is 34.6 Å².